The number of piperidine rings is 1. The first-order valence-corrected chi connectivity index (χ1v) is 9.05. The summed E-state index contributed by atoms with van der Waals surface area (Å²) in [5.41, 5.74) is 1.87. The largest absolute Gasteiger partial charge is 0.392 e. The molecule has 0 bridgehead atoms. The number of fused-ring (bicyclic) bond motifs is 1. The van der Waals surface area contributed by atoms with Gasteiger partial charge in [0.2, 0.25) is 0 Å². The van der Waals surface area contributed by atoms with Gasteiger partial charge in [0.15, 0.2) is 0 Å². The standard InChI is InChI=1S/C18H19N3O2S/c22-13-7-4-8-21(9-13)10-15-19-17(23)16-14(11-24-18(16)20-15)12-5-2-1-3-6-12/h1-3,5-6,11,13,22H,4,7-10H2,(H,19,20,23)/t13-/m0/s1. The molecule has 0 saturated carbocycles. The molecule has 1 saturated heterocycles. The van der Waals surface area contributed by atoms with Crippen LogP contribution in [0.3, 0.4) is 0 Å². The van der Waals surface area contributed by atoms with Crippen LogP contribution in [-0.2, 0) is 6.54 Å². The number of β-amino-alcohol motifs (C(OH)–C–C–N with tert-alkyl or cyclic N) is 1. The minimum absolute atomic E-state index is 0.0901. The fourth-order valence-corrected chi connectivity index (χ4v) is 4.25. The van der Waals surface area contributed by atoms with Gasteiger partial charge in [-0.25, -0.2) is 4.98 Å². The van der Waals surface area contributed by atoms with Crippen molar-refractivity contribution < 1.29 is 5.11 Å². The Morgan fingerprint density at radius 1 is 1.33 bits per heavy atom. The quantitative estimate of drug-likeness (QED) is 0.768. The zero-order valence-electron chi connectivity index (χ0n) is 13.2. The van der Waals surface area contributed by atoms with E-state index in [0.29, 0.717) is 24.3 Å². The molecule has 1 aliphatic rings. The van der Waals surface area contributed by atoms with Gasteiger partial charge in [-0.3, -0.25) is 9.69 Å². The summed E-state index contributed by atoms with van der Waals surface area (Å²) in [5, 5.41) is 12.4. The van der Waals surface area contributed by atoms with E-state index >= 15 is 0 Å². The fraction of sp³-hybridized carbons (Fsp3) is 0.333. The van der Waals surface area contributed by atoms with Crippen molar-refractivity contribution in [3.05, 3.63) is 51.9 Å². The van der Waals surface area contributed by atoms with E-state index in [-0.39, 0.29) is 11.7 Å². The number of nitrogens with zero attached hydrogens (tertiary/aromatic N) is 2. The monoisotopic (exact) mass is 341 g/mol. The first-order valence-electron chi connectivity index (χ1n) is 8.17. The third kappa shape index (κ3) is 3.00. The minimum atomic E-state index is -0.277. The number of nitrogens with one attached hydrogen (secondary N) is 1. The van der Waals surface area contributed by atoms with Gasteiger partial charge in [-0.15, -0.1) is 11.3 Å². The molecule has 1 aromatic carbocycles. The number of benzene rings is 1. The number of aliphatic hydroxyl groups excluding tert-OH is 1. The SMILES string of the molecule is O=c1[nH]c(CN2CCC[C@H](O)C2)nc2scc(-c3ccccc3)c12. The lowest BCUT2D eigenvalue weighted by Crippen LogP contribution is -2.38. The average molecular weight is 341 g/mol. The molecule has 2 N–H and O–H groups in total. The normalized spacial score (nSPS) is 19.0. The van der Waals surface area contributed by atoms with Crippen LogP contribution in [0.15, 0.2) is 40.5 Å². The van der Waals surface area contributed by atoms with Gasteiger partial charge >= 0.3 is 0 Å². The van der Waals surface area contributed by atoms with Gasteiger partial charge in [0.05, 0.1) is 18.0 Å². The molecule has 6 heteroatoms. The molecule has 0 unspecified atom stereocenters. The molecule has 4 rings (SSSR count). The molecule has 1 aliphatic heterocycles. The highest BCUT2D eigenvalue weighted by molar-refractivity contribution is 7.17. The van der Waals surface area contributed by atoms with Crippen LogP contribution in [0.5, 0.6) is 0 Å². The number of hydrogen-bond donors (Lipinski definition) is 2. The summed E-state index contributed by atoms with van der Waals surface area (Å²) in [6.07, 6.45) is 1.55. The summed E-state index contributed by atoms with van der Waals surface area (Å²) in [6, 6.07) is 9.91. The lowest BCUT2D eigenvalue weighted by molar-refractivity contribution is 0.0655. The van der Waals surface area contributed by atoms with E-state index in [0.717, 1.165) is 35.3 Å². The van der Waals surface area contributed by atoms with Gasteiger partial charge in [0.1, 0.15) is 10.7 Å². The first-order chi connectivity index (χ1) is 11.7. The molecule has 1 atom stereocenters. The number of hydrogen-bond acceptors (Lipinski definition) is 5. The van der Waals surface area contributed by atoms with Crippen molar-refractivity contribution in [3.63, 3.8) is 0 Å². The maximum absolute atomic E-state index is 12.6. The molecule has 5 nitrogen and oxygen atoms in total. The van der Waals surface area contributed by atoms with Crippen LogP contribution in [0.1, 0.15) is 18.7 Å². The molecule has 1 fully saturated rings. The van der Waals surface area contributed by atoms with E-state index in [1.54, 1.807) is 0 Å². The molecule has 3 heterocycles. The third-order valence-corrected chi connectivity index (χ3v) is 5.30. The predicted octanol–water partition coefficient (Wildman–Crippen LogP) is 2.61. The Morgan fingerprint density at radius 3 is 2.96 bits per heavy atom. The average Bonchev–Trinajstić information content (AvgIpc) is 3.00. The van der Waals surface area contributed by atoms with E-state index in [1.165, 1.54) is 11.3 Å². The number of H-pyrrole nitrogens is 1. The summed E-state index contributed by atoms with van der Waals surface area (Å²) in [7, 11) is 0. The Bertz CT molecular complexity index is 904. The summed E-state index contributed by atoms with van der Waals surface area (Å²) >= 11 is 1.50. The molecule has 0 amide bonds. The smallest absolute Gasteiger partial charge is 0.260 e. The highest BCUT2D eigenvalue weighted by Crippen LogP contribution is 2.30. The Labute approximate surface area is 143 Å². The minimum Gasteiger partial charge on any atom is -0.392 e. The molecular formula is C18H19N3O2S. The molecule has 0 aliphatic carbocycles. The van der Waals surface area contributed by atoms with Crippen molar-refractivity contribution in [1.29, 1.82) is 0 Å². The van der Waals surface area contributed by atoms with Crippen LogP contribution in [0.25, 0.3) is 21.3 Å². The predicted molar refractivity (Wildman–Crippen MR) is 96.2 cm³/mol. The van der Waals surface area contributed by atoms with Gasteiger partial charge in [0.25, 0.3) is 5.56 Å². The summed E-state index contributed by atoms with van der Waals surface area (Å²) < 4.78 is 0. The van der Waals surface area contributed by atoms with Gasteiger partial charge in [-0.2, -0.15) is 0 Å². The van der Waals surface area contributed by atoms with Crippen LogP contribution in [0.2, 0.25) is 0 Å². The van der Waals surface area contributed by atoms with Gasteiger partial charge < -0.3 is 10.1 Å². The van der Waals surface area contributed by atoms with E-state index in [2.05, 4.69) is 14.9 Å². The van der Waals surface area contributed by atoms with E-state index in [9.17, 15) is 9.90 Å². The second kappa shape index (κ2) is 6.47. The van der Waals surface area contributed by atoms with Crippen molar-refractivity contribution in [2.45, 2.75) is 25.5 Å². The first kappa shape index (κ1) is 15.5. The van der Waals surface area contributed by atoms with E-state index in [1.807, 2.05) is 35.7 Å². The van der Waals surface area contributed by atoms with Gasteiger partial charge in [-0.05, 0) is 24.9 Å². The zero-order valence-corrected chi connectivity index (χ0v) is 14.1. The Balaban J connectivity index is 1.68. The van der Waals surface area contributed by atoms with E-state index < -0.39 is 0 Å². The molecule has 124 valence electrons. The number of thiophene rings is 1. The van der Waals surface area contributed by atoms with Crippen LogP contribution in [-0.4, -0.2) is 39.2 Å². The number of rotatable bonds is 3. The number of aliphatic hydroxyl groups is 1. The van der Waals surface area contributed by atoms with Crippen molar-refractivity contribution in [1.82, 2.24) is 14.9 Å². The second-order valence-electron chi connectivity index (χ2n) is 6.24. The molecule has 2 aromatic heterocycles. The summed E-state index contributed by atoms with van der Waals surface area (Å²) in [6.45, 7) is 2.14. The van der Waals surface area contributed by atoms with Crippen LogP contribution < -0.4 is 5.56 Å². The van der Waals surface area contributed by atoms with E-state index in [4.69, 9.17) is 0 Å². The molecule has 3 aromatic rings. The maximum atomic E-state index is 12.6. The van der Waals surface area contributed by atoms with Crippen LogP contribution in [0, 0.1) is 0 Å². The maximum Gasteiger partial charge on any atom is 0.260 e. The topological polar surface area (TPSA) is 69.2 Å². The highest BCUT2D eigenvalue weighted by Gasteiger charge is 2.19. The van der Waals surface area contributed by atoms with Crippen LogP contribution >= 0.6 is 11.3 Å². The van der Waals surface area contributed by atoms with Gasteiger partial charge in [0, 0.05) is 17.5 Å². The molecule has 0 spiro atoms. The summed E-state index contributed by atoms with van der Waals surface area (Å²) in [5.74, 6) is 0.670. The molecular weight excluding hydrogens is 322 g/mol. The highest BCUT2D eigenvalue weighted by atomic mass is 32.1. The van der Waals surface area contributed by atoms with Gasteiger partial charge in [-0.1, -0.05) is 30.3 Å². The Hall–Kier alpha value is -2.02. The van der Waals surface area contributed by atoms with Crippen molar-refractivity contribution in [3.8, 4) is 11.1 Å². The molecule has 24 heavy (non-hydrogen) atoms. The third-order valence-electron chi connectivity index (χ3n) is 4.43. The van der Waals surface area contributed by atoms with Crippen molar-refractivity contribution >= 4 is 21.6 Å². The summed E-state index contributed by atoms with van der Waals surface area (Å²) in [4.78, 5) is 23.1. The number of aromatic nitrogens is 2. The lowest BCUT2D eigenvalue weighted by Gasteiger charge is -2.29. The molecule has 0 radical (unpaired) electrons. The second-order valence-corrected chi connectivity index (χ2v) is 7.10. The Kier molecular flexibility index (Phi) is 4.18. The number of likely N-dealkylation sites (tertiary alicyclic amines) is 1. The zero-order chi connectivity index (χ0) is 16.5. The van der Waals surface area contributed by atoms with Crippen LogP contribution in [0.4, 0.5) is 0 Å². The fourth-order valence-electron chi connectivity index (χ4n) is 3.29. The van der Waals surface area contributed by atoms with Crippen molar-refractivity contribution in [2.24, 2.45) is 0 Å². The Morgan fingerprint density at radius 2 is 2.17 bits per heavy atom. The van der Waals surface area contributed by atoms with Crippen molar-refractivity contribution in [2.75, 3.05) is 13.1 Å². The number of aromatic amines is 1. The lowest BCUT2D eigenvalue weighted by atomic mass is 10.1.